The number of benzene rings is 3. The highest BCUT2D eigenvalue weighted by atomic mass is 32.2. The van der Waals surface area contributed by atoms with Gasteiger partial charge >= 0.3 is 0 Å². The van der Waals surface area contributed by atoms with Crippen LogP contribution in [0.15, 0.2) is 83.8 Å². The number of para-hydroxylation sites is 1. The minimum absolute atomic E-state index is 0.0318. The Labute approximate surface area is 187 Å². The molecule has 1 amide bonds. The maximum Gasteiger partial charge on any atom is 0.264 e. The minimum atomic E-state index is -4.17. The lowest BCUT2D eigenvalue weighted by atomic mass is 10.1. The molecule has 0 aliphatic rings. The minimum Gasteiger partial charge on any atom is -0.494 e. The third-order valence-corrected chi connectivity index (χ3v) is 6.58. The number of nitrogens with zero attached hydrogens (tertiary/aromatic N) is 1. The molecule has 0 unspecified atom stereocenters. The first-order valence-electron chi connectivity index (χ1n) is 10.2. The van der Waals surface area contributed by atoms with Crippen LogP contribution in [0.4, 0.5) is 10.1 Å². The van der Waals surface area contributed by atoms with Crippen molar-refractivity contribution in [2.24, 2.45) is 0 Å². The van der Waals surface area contributed by atoms with Crippen molar-refractivity contribution >= 4 is 21.6 Å². The van der Waals surface area contributed by atoms with Gasteiger partial charge in [0, 0.05) is 0 Å². The molecule has 0 aliphatic heterocycles. The number of amides is 1. The molecule has 3 aromatic carbocycles. The molecule has 1 atom stereocenters. The van der Waals surface area contributed by atoms with Gasteiger partial charge in [-0.05, 0) is 55.8 Å². The molecule has 32 heavy (non-hydrogen) atoms. The van der Waals surface area contributed by atoms with E-state index in [1.54, 1.807) is 37.3 Å². The van der Waals surface area contributed by atoms with Gasteiger partial charge < -0.3 is 10.1 Å². The molecule has 3 rings (SSSR count). The summed E-state index contributed by atoms with van der Waals surface area (Å²) < 4.78 is 47.2. The molecule has 0 aromatic heterocycles. The molecule has 0 spiro atoms. The van der Waals surface area contributed by atoms with Crippen molar-refractivity contribution in [2.45, 2.75) is 24.8 Å². The number of hydrogen-bond acceptors (Lipinski definition) is 4. The zero-order valence-electron chi connectivity index (χ0n) is 17.9. The Kier molecular flexibility index (Phi) is 7.48. The van der Waals surface area contributed by atoms with Crippen molar-refractivity contribution in [2.75, 3.05) is 17.5 Å². The van der Waals surface area contributed by atoms with E-state index in [1.165, 1.54) is 30.3 Å². The molecule has 0 fully saturated rings. The summed E-state index contributed by atoms with van der Waals surface area (Å²) >= 11 is 0. The van der Waals surface area contributed by atoms with Crippen molar-refractivity contribution in [1.29, 1.82) is 0 Å². The molecule has 0 aliphatic carbocycles. The molecule has 0 saturated carbocycles. The highest BCUT2D eigenvalue weighted by Gasteiger charge is 2.29. The molecular weight excluding hydrogens is 431 g/mol. The summed E-state index contributed by atoms with van der Waals surface area (Å²) in [6.07, 6.45) is 0. The Hall–Kier alpha value is -3.39. The van der Waals surface area contributed by atoms with E-state index in [0.717, 1.165) is 21.7 Å². The highest BCUT2D eigenvalue weighted by molar-refractivity contribution is 7.92. The average Bonchev–Trinajstić information content (AvgIpc) is 2.79. The fraction of sp³-hybridized carbons (Fsp3) is 0.208. The van der Waals surface area contributed by atoms with Crippen LogP contribution in [0.3, 0.4) is 0 Å². The number of hydrogen-bond donors (Lipinski definition) is 1. The third-order valence-electron chi connectivity index (χ3n) is 4.81. The summed E-state index contributed by atoms with van der Waals surface area (Å²) in [6, 6.07) is 20.0. The van der Waals surface area contributed by atoms with Gasteiger partial charge in [-0.15, -0.1) is 0 Å². The summed E-state index contributed by atoms with van der Waals surface area (Å²) in [5.41, 5.74) is 0.630. The van der Waals surface area contributed by atoms with Gasteiger partial charge in [0.05, 0.1) is 23.2 Å². The Morgan fingerprint density at radius 3 is 2.25 bits per heavy atom. The summed E-state index contributed by atoms with van der Waals surface area (Å²) in [6.45, 7) is 3.65. The van der Waals surface area contributed by atoms with Gasteiger partial charge in [-0.2, -0.15) is 0 Å². The largest absolute Gasteiger partial charge is 0.494 e. The van der Waals surface area contributed by atoms with E-state index in [-0.39, 0.29) is 16.6 Å². The number of rotatable bonds is 9. The van der Waals surface area contributed by atoms with Crippen molar-refractivity contribution in [3.8, 4) is 5.75 Å². The molecular formula is C24H25FN2O4S. The molecule has 1 N–H and O–H groups in total. The second-order valence-electron chi connectivity index (χ2n) is 7.07. The van der Waals surface area contributed by atoms with Crippen LogP contribution in [0.5, 0.6) is 5.75 Å². The lowest BCUT2D eigenvalue weighted by Crippen LogP contribution is -2.42. The van der Waals surface area contributed by atoms with E-state index in [0.29, 0.717) is 6.61 Å². The Morgan fingerprint density at radius 1 is 1.00 bits per heavy atom. The molecule has 6 nitrogen and oxygen atoms in total. The fourth-order valence-corrected chi connectivity index (χ4v) is 4.64. The predicted molar refractivity (Wildman–Crippen MR) is 122 cm³/mol. The second-order valence-corrected chi connectivity index (χ2v) is 8.93. The number of sulfonamides is 1. The van der Waals surface area contributed by atoms with Crippen LogP contribution in [0, 0.1) is 5.82 Å². The second kappa shape index (κ2) is 10.3. The van der Waals surface area contributed by atoms with Gasteiger partial charge in [0.25, 0.3) is 10.0 Å². The van der Waals surface area contributed by atoms with Gasteiger partial charge in [-0.25, -0.2) is 12.8 Å². The monoisotopic (exact) mass is 456 g/mol. The summed E-state index contributed by atoms with van der Waals surface area (Å²) in [7, 11) is -4.17. The van der Waals surface area contributed by atoms with Crippen LogP contribution in [0.1, 0.15) is 25.5 Å². The van der Waals surface area contributed by atoms with Crippen molar-refractivity contribution in [3.63, 3.8) is 0 Å². The molecule has 0 heterocycles. The van der Waals surface area contributed by atoms with E-state index in [1.807, 2.05) is 19.1 Å². The number of halogens is 1. The van der Waals surface area contributed by atoms with Gasteiger partial charge in [0.2, 0.25) is 5.91 Å². The van der Waals surface area contributed by atoms with E-state index in [2.05, 4.69) is 5.32 Å². The normalized spacial score (nSPS) is 12.1. The van der Waals surface area contributed by atoms with Gasteiger partial charge in [-0.3, -0.25) is 9.10 Å². The Balaban J connectivity index is 1.83. The zero-order valence-corrected chi connectivity index (χ0v) is 18.7. The molecule has 0 radical (unpaired) electrons. The van der Waals surface area contributed by atoms with Gasteiger partial charge in [-0.1, -0.05) is 42.5 Å². The Morgan fingerprint density at radius 2 is 1.62 bits per heavy atom. The van der Waals surface area contributed by atoms with Crippen LogP contribution < -0.4 is 14.4 Å². The van der Waals surface area contributed by atoms with E-state index in [9.17, 15) is 17.6 Å². The summed E-state index contributed by atoms with van der Waals surface area (Å²) in [4.78, 5) is 12.8. The smallest absolute Gasteiger partial charge is 0.264 e. The topological polar surface area (TPSA) is 75.7 Å². The number of carbonyl (C=O) groups is 1. The van der Waals surface area contributed by atoms with E-state index in [4.69, 9.17) is 4.74 Å². The Bertz CT molecular complexity index is 1150. The van der Waals surface area contributed by atoms with Crippen molar-refractivity contribution < 1.29 is 22.3 Å². The molecule has 0 bridgehead atoms. The summed E-state index contributed by atoms with van der Waals surface area (Å²) in [5, 5.41) is 2.78. The van der Waals surface area contributed by atoms with Gasteiger partial charge in [0.15, 0.2) is 0 Å². The predicted octanol–water partition coefficient (Wildman–Crippen LogP) is 4.30. The standard InChI is InChI=1S/C24H25FN2O4S/c1-3-31-20-15-13-19(14-16-20)18(2)26-24(28)17-27(23-12-8-7-11-22(23)25)32(29,30)21-9-5-4-6-10-21/h4-16,18H,3,17H2,1-2H3,(H,26,28)/t18-/m0/s1. The van der Waals surface area contributed by atoms with Gasteiger partial charge in [0.1, 0.15) is 18.1 Å². The summed E-state index contributed by atoms with van der Waals surface area (Å²) in [5.74, 6) is -0.581. The maximum atomic E-state index is 14.5. The zero-order chi connectivity index (χ0) is 23.1. The van der Waals surface area contributed by atoms with Crippen LogP contribution in [-0.4, -0.2) is 27.5 Å². The quantitative estimate of drug-likeness (QED) is 0.521. The molecule has 168 valence electrons. The van der Waals surface area contributed by atoms with Crippen molar-refractivity contribution in [1.82, 2.24) is 5.32 Å². The lowest BCUT2D eigenvalue weighted by molar-refractivity contribution is -0.120. The average molecular weight is 457 g/mol. The first-order valence-corrected chi connectivity index (χ1v) is 11.6. The fourth-order valence-electron chi connectivity index (χ4n) is 3.19. The first kappa shape index (κ1) is 23.3. The van der Waals surface area contributed by atoms with Crippen LogP contribution in [-0.2, 0) is 14.8 Å². The van der Waals surface area contributed by atoms with Crippen molar-refractivity contribution in [3.05, 3.63) is 90.2 Å². The van der Waals surface area contributed by atoms with E-state index >= 15 is 0 Å². The van der Waals surface area contributed by atoms with Crippen LogP contribution >= 0.6 is 0 Å². The SMILES string of the molecule is CCOc1ccc([C@H](C)NC(=O)CN(c2ccccc2F)S(=O)(=O)c2ccccc2)cc1. The number of nitrogens with one attached hydrogen (secondary N) is 1. The van der Waals surface area contributed by atoms with Crippen LogP contribution in [0.25, 0.3) is 0 Å². The molecule has 3 aromatic rings. The third kappa shape index (κ3) is 5.45. The number of ether oxygens (including phenoxy) is 1. The molecule has 8 heteroatoms. The highest BCUT2D eigenvalue weighted by Crippen LogP contribution is 2.26. The van der Waals surface area contributed by atoms with E-state index < -0.39 is 28.3 Å². The number of carbonyl (C=O) groups excluding carboxylic acids is 1. The first-order chi connectivity index (χ1) is 15.3. The number of anilines is 1. The lowest BCUT2D eigenvalue weighted by Gasteiger charge is -2.25. The molecule has 0 saturated heterocycles. The maximum absolute atomic E-state index is 14.5. The van der Waals surface area contributed by atoms with Crippen LogP contribution in [0.2, 0.25) is 0 Å².